The summed E-state index contributed by atoms with van der Waals surface area (Å²) in [6.07, 6.45) is -25.7. The molecule has 0 aliphatic rings. The van der Waals surface area contributed by atoms with E-state index in [1.165, 1.54) is 0 Å². The van der Waals surface area contributed by atoms with Crippen LogP contribution >= 0.6 is 0 Å². The van der Waals surface area contributed by atoms with Crippen molar-refractivity contribution in [2.75, 3.05) is 11.5 Å². The third-order valence-electron chi connectivity index (χ3n) is 5.72. The maximum Gasteiger partial charge on any atom is 0.430 e. The largest absolute Gasteiger partial charge is 0.430 e. The molecule has 0 heterocycles. The second kappa shape index (κ2) is 8.93. The van der Waals surface area contributed by atoms with Crippen LogP contribution in [-0.2, 0) is 11.2 Å². The van der Waals surface area contributed by atoms with Crippen LogP contribution in [0.15, 0.2) is 24.3 Å². The van der Waals surface area contributed by atoms with Crippen molar-refractivity contribution in [3.63, 3.8) is 0 Å². The van der Waals surface area contributed by atoms with Crippen molar-refractivity contribution in [3.05, 3.63) is 57.6 Å². The summed E-state index contributed by atoms with van der Waals surface area (Å²) in [5, 5.41) is 19.4. The van der Waals surface area contributed by atoms with Gasteiger partial charge in [-0.25, -0.2) is 0 Å². The summed E-state index contributed by atoms with van der Waals surface area (Å²) in [6.45, 7) is 1.66. The van der Waals surface area contributed by atoms with Gasteiger partial charge in [-0.1, -0.05) is 0 Å². The van der Waals surface area contributed by atoms with Crippen molar-refractivity contribution in [2.24, 2.45) is 0 Å². The summed E-state index contributed by atoms with van der Waals surface area (Å²) < 4.78 is 161. The number of benzene rings is 2. The minimum Gasteiger partial charge on any atom is -0.398 e. The van der Waals surface area contributed by atoms with Crippen LogP contribution in [0, 0.1) is 13.8 Å². The molecule has 0 atom stereocenters. The molecular weight excluding hydrogens is 556 g/mol. The quantitative estimate of drug-likeness (QED) is 0.225. The number of rotatable bonds is 4. The lowest BCUT2D eigenvalue weighted by molar-refractivity contribution is -0.376. The minimum atomic E-state index is -6.44. The van der Waals surface area contributed by atoms with E-state index in [0.29, 0.717) is 12.1 Å². The number of hydrogen-bond donors (Lipinski definition) is 4. The highest BCUT2D eigenvalue weighted by Gasteiger charge is 2.73. The maximum absolute atomic E-state index is 13.4. The number of ketones is 1. The number of nitrogens with two attached hydrogens (primary N) is 2. The van der Waals surface area contributed by atoms with E-state index in [2.05, 4.69) is 0 Å². The zero-order valence-corrected chi connectivity index (χ0v) is 18.8. The molecule has 0 fully saturated rings. The molecule has 17 heteroatoms. The Morgan fingerprint density at radius 1 is 0.579 bits per heavy atom. The first-order valence-electron chi connectivity index (χ1n) is 9.81. The van der Waals surface area contributed by atoms with Gasteiger partial charge in [-0.05, 0) is 49.2 Å². The van der Waals surface area contributed by atoms with E-state index in [-0.39, 0.29) is 12.1 Å². The molecule has 0 saturated carbocycles. The lowest BCUT2D eigenvalue weighted by atomic mass is 9.84. The van der Waals surface area contributed by atoms with Crippen molar-refractivity contribution in [1.29, 1.82) is 0 Å². The zero-order chi connectivity index (χ0) is 30.0. The molecule has 0 aromatic heterocycles. The molecule has 6 N–H and O–H groups in total. The molecule has 0 unspecified atom stereocenters. The Hall–Kier alpha value is -3.21. The number of nitrogen functional groups attached to an aromatic ring is 2. The number of carbonyl (C=O) groups excluding carboxylic acids is 1. The van der Waals surface area contributed by atoms with E-state index >= 15 is 0 Å². The maximum atomic E-state index is 13.4. The average molecular weight is 572 g/mol. The van der Waals surface area contributed by atoms with E-state index in [0.717, 1.165) is 13.8 Å². The van der Waals surface area contributed by atoms with Crippen LogP contribution < -0.4 is 11.5 Å². The number of aryl methyl sites for hydroxylation is 2. The molecule has 5 nitrogen and oxygen atoms in total. The number of halogens is 12. The predicted molar refractivity (Wildman–Crippen MR) is 107 cm³/mol. The van der Waals surface area contributed by atoms with E-state index in [4.69, 9.17) is 11.5 Å². The van der Waals surface area contributed by atoms with Gasteiger partial charge >= 0.3 is 24.7 Å². The van der Waals surface area contributed by atoms with Crippen molar-refractivity contribution in [3.8, 4) is 0 Å². The second-order valence-corrected chi connectivity index (χ2v) is 8.25. The molecule has 2 aromatic rings. The second-order valence-electron chi connectivity index (χ2n) is 8.25. The van der Waals surface area contributed by atoms with Crippen molar-refractivity contribution in [2.45, 2.75) is 49.8 Å². The molecule has 0 aliphatic carbocycles. The van der Waals surface area contributed by atoms with Gasteiger partial charge in [0.2, 0.25) is 0 Å². The highest BCUT2D eigenvalue weighted by molar-refractivity contribution is 6.10. The number of hydrogen-bond acceptors (Lipinski definition) is 5. The van der Waals surface area contributed by atoms with Crippen LogP contribution in [-0.4, -0.2) is 40.7 Å². The van der Waals surface area contributed by atoms with E-state index in [9.17, 15) is 67.7 Å². The monoisotopic (exact) mass is 572 g/mol. The molecule has 2 aromatic carbocycles. The smallest absolute Gasteiger partial charge is 0.398 e. The summed E-state index contributed by atoms with van der Waals surface area (Å²) in [5.41, 5.74) is -10.7. The number of aliphatic hydroxyl groups is 2. The Balaban J connectivity index is 2.90. The van der Waals surface area contributed by atoms with Gasteiger partial charge in [0.15, 0.2) is 5.78 Å². The first kappa shape index (κ1) is 31.0. The van der Waals surface area contributed by atoms with Crippen molar-refractivity contribution >= 4 is 17.2 Å². The molecule has 0 saturated heterocycles. The minimum absolute atomic E-state index is 0.142. The third-order valence-corrected chi connectivity index (χ3v) is 5.72. The normalized spacial score (nSPS) is 14.1. The summed E-state index contributed by atoms with van der Waals surface area (Å²) in [7, 11) is 0. The van der Waals surface area contributed by atoms with Crippen LogP contribution in [0.4, 0.5) is 64.1 Å². The molecule has 212 valence electrons. The van der Waals surface area contributed by atoms with Gasteiger partial charge in [-0.2, -0.15) is 52.7 Å². The predicted octanol–water partition coefficient (Wildman–Crippen LogP) is 5.32. The fraction of sp³-hybridized carbons (Fsp3) is 0.381. The first-order valence-corrected chi connectivity index (χ1v) is 9.81. The van der Waals surface area contributed by atoms with Crippen LogP contribution in [0.2, 0.25) is 0 Å². The fourth-order valence-electron chi connectivity index (χ4n) is 3.56. The van der Waals surface area contributed by atoms with E-state index < -0.39 is 86.4 Å². The molecule has 0 bridgehead atoms. The number of carbonyl (C=O) groups is 1. The van der Waals surface area contributed by atoms with Crippen LogP contribution in [0.25, 0.3) is 0 Å². The van der Waals surface area contributed by atoms with Gasteiger partial charge in [0, 0.05) is 33.6 Å². The Morgan fingerprint density at radius 2 is 0.816 bits per heavy atom. The summed E-state index contributed by atoms with van der Waals surface area (Å²) in [6, 6.07) is 0.909. The van der Waals surface area contributed by atoms with E-state index in [1.807, 2.05) is 0 Å². The van der Waals surface area contributed by atoms with Gasteiger partial charge in [0.1, 0.15) is 0 Å². The third kappa shape index (κ3) is 4.61. The SMILES string of the molecule is Cc1cc(C(=O)c2cc(C)c(N)c(C(O)(C(F)(F)F)C(F)(F)F)c2)cc(C(O)(C(F)(F)F)C(F)(F)F)c1N. The lowest BCUT2D eigenvalue weighted by Gasteiger charge is -2.34. The van der Waals surface area contributed by atoms with Gasteiger partial charge in [0.25, 0.3) is 11.2 Å². The Kier molecular flexibility index (Phi) is 7.29. The summed E-state index contributed by atoms with van der Waals surface area (Å²) in [5.74, 6) is -1.68. The van der Waals surface area contributed by atoms with Crippen LogP contribution in [0.1, 0.15) is 38.2 Å². The highest BCUT2D eigenvalue weighted by Crippen LogP contribution is 2.53. The summed E-state index contributed by atoms with van der Waals surface area (Å²) in [4.78, 5) is 13.0. The Bertz CT molecular complexity index is 1140. The number of anilines is 2. The Morgan fingerprint density at radius 3 is 1.03 bits per heavy atom. The Labute approximate surface area is 204 Å². The molecule has 0 radical (unpaired) electrons. The molecule has 0 amide bonds. The standard InChI is InChI=1S/C21H16F12N2O3/c1-7-3-9(5-11(13(7)34)16(37,18(22,23)24)19(25,26)27)15(36)10-4-8(2)14(35)12(6-10)17(38,20(28,29)30)21(31,32)33/h3-6,37-38H,34-35H2,1-2H3. The number of alkyl halides is 12. The van der Waals surface area contributed by atoms with Crippen molar-refractivity contribution in [1.82, 2.24) is 0 Å². The highest BCUT2D eigenvalue weighted by atomic mass is 19.4. The molecular formula is C21H16F12N2O3. The topological polar surface area (TPSA) is 110 Å². The summed E-state index contributed by atoms with van der Waals surface area (Å²) >= 11 is 0. The molecule has 0 spiro atoms. The fourth-order valence-corrected chi connectivity index (χ4v) is 3.56. The van der Waals surface area contributed by atoms with Gasteiger partial charge < -0.3 is 21.7 Å². The van der Waals surface area contributed by atoms with Crippen LogP contribution in [0.5, 0.6) is 0 Å². The molecule has 38 heavy (non-hydrogen) atoms. The van der Waals surface area contributed by atoms with Gasteiger partial charge in [0.05, 0.1) is 0 Å². The average Bonchev–Trinajstić information content (AvgIpc) is 2.72. The molecule has 0 aliphatic heterocycles. The van der Waals surface area contributed by atoms with E-state index in [1.54, 1.807) is 0 Å². The van der Waals surface area contributed by atoms with Gasteiger partial charge in [-0.3, -0.25) is 4.79 Å². The van der Waals surface area contributed by atoms with Crippen LogP contribution in [0.3, 0.4) is 0 Å². The molecule has 2 rings (SSSR count). The lowest BCUT2D eigenvalue weighted by Crippen LogP contribution is -2.54. The first-order chi connectivity index (χ1) is 16.7. The van der Waals surface area contributed by atoms with Crippen molar-refractivity contribution < 1.29 is 67.7 Å². The zero-order valence-electron chi connectivity index (χ0n) is 18.8. The van der Waals surface area contributed by atoms with Gasteiger partial charge in [-0.15, -0.1) is 0 Å².